The van der Waals surface area contributed by atoms with E-state index < -0.39 is 9.05 Å². The van der Waals surface area contributed by atoms with E-state index in [1.807, 2.05) is 6.07 Å². The van der Waals surface area contributed by atoms with Crippen LogP contribution in [-0.2, 0) is 9.05 Å². The Kier molecular flexibility index (Phi) is 3.36. The molecule has 5 nitrogen and oxygen atoms in total. The molecule has 0 N–H and O–H groups in total. The third-order valence-electron chi connectivity index (χ3n) is 1.86. The van der Waals surface area contributed by atoms with E-state index in [4.69, 9.17) is 10.7 Å². The molecule has 0 fully saturated rings. The van der Waals surface area contributed by atoms with Gasteiger partial charge in [0.05, 0.1) is 17.5 Å². The summed E-state index contributed by atoms with van der Waals surface area (Å²) < 4.78 is 23.2. The first-order valence-electron chi connectivity index (χ1n) is 4.40. The van der Waals surface area contributed by atoms with Gasteiger partial charge in [-0.15, -0.1) is 11.8 Å². The summed E-state index contributed by atoms with van der Waals surface area (Å²) >= 11 is 1.35. The topological polar surface area (TPSA) is 64.3 Å². The maximum atomic E-state index is 10.7. The molecule has 2 heterocycles. The molecule has 0 unspecified atom stereocenters. The summed E-state index contributed by atoms with van der Waals surface area (Å²) in [4.78, 5) is 4.16. The minimum atomic E-state index is -3.43. The van der Waals surface area contributed by atoms with Gasteiger partial charge in [-0.2, -0.15) is 5.10 Å². The van der Waals surface area contributed by atoms with Crippen molar-refractivity contribution in [1.29, 1.82) is 0 Å². The number of fused-ring (bicyclic) bond motifs is 1. The highest BCUT2D eigenvalue weighted by atomic mass is 35.7. The molecule has 0 bridgehead atoms. The fourth-order valence-corrected chi connectivity index (χ4v) is 3.52. The van der Waals surface area contributed by atoms with Crippen LogP contribution in [0.2, 0.25) is 0 Å². The van der Waals surface area contributed by atoms with Crippen LogP contribution < -0.4 is 0 Å². The van der Waals surface area contributed by atoms with Gasteiger partial charge >= 0.3 is 0 Å². The summed E-state index contributed by atoms with van der Waals surface area (Å²) in [6.07, 6.45) is 5.02. The third-order valence-corrected chi connectivity index (χ3v) is 4.26. The van der Waals surface area contributed by atoms with E-state index in [9.17, 15) is 8.42 Å². The van der Waals surface area contributed by atoms with Gasteiger partial charge in [0.2, 0.25) is 9.05 Å². The van der Waals surface area contributed by atoms with Crippen molar-refractivity contribution in [2.24, 2.45) is 0 Å². The average molecular weight is 278 g/mol. The second kappa shape index (κ2) is 4.60. The summed E-state index contributed by atoms with van der Waals surface area (Å²) in [7, 11) is 1.68. The van der Waals surface area contributed by atoms with Crippen LogP contribution in [0.3, 0.4) is 0 Å². The standard InChI is InChI=1S/C8H8ClN3O2S2/c9-16(13,14)6-5-15-8-7-1-2-11-12(7)4-3-10-8/h1-4H,5-6H2. The highest BCUT2D eigenvalue weighted by molar-refractivity contribution is 8.14. The van der Waals surface area contributed by atoms with Crippen LogP contribution in [0.25, 0.3) is 5.52 Å². The normalized spacial score (nSPS) is 12.1. The van der Waals surface area contributed by atoms with Crippen molar-refractivity contribution in [3.05, 3.63) is 24.7 Å². The Hall–Kier alpha value is -0.790. The van der Waals surface area contributed by atoms with Crippen LogP contribution in [0.1, 0.15) is 0 Å². The average Bonchev–Trinajstić information content (AvgIpc) is 2.64. The molecule has 0 atom stereocenters. The highest BCUT2D eigenvalue weighted by Gasteiger charge is 2.08. The molecule has 0 radical (unpaired) electrons. The van der Waals surface area contributed by atoms with Gasteiger partial charge in [0.25, 0.3) is 0 Å². The number of nitrogens with zero attached hydrogens (tertiary/aromatic N) is 3. The van der Waals surface area contributed by atoms with Crippen LogP contribution in [0.15, 0.2) is 29.7 Å². The van der Waals surface area contributed by atoms with Crippen molar-refractivity contribution in [3.63, 3.8) is 0 Å². The predicted octanol–water partition coefficient (Wildman–Crippen LogP) is 1.39. The summed E-state index contributed by atoms with van der Waals surface area (Å²) in [5.41, 5.74) is 0.861. The maximum Gasteiger partial charge on any atom is 0.233 e. The van der Waals surface area contributed by atoms with E-state index >= 15 is 0 Å². The van der Waals surface area contributed by atoms with E-state index in [0.717, 1.165) is 10.5 Å². The van der Waals surface area contributed by atoms with Gasteiger partial charge < -0.3 is 0 Å². The van der Waals surface area contributed by atoms with Gasteiger partial charge in [0.15, 0.2) is 0 Å². The molecule has 8 heteroatoms. The zero-order valence-electron chi connectivity index (χ0n) is 8.08. The quantitative estimate of drug-likeness (QED) is 0.624. The number of thioether (sulfide) groups is 1. The Labute approximate surface area is 101 Å². The van der Waals surface area contributed by atoms with Crippen LogP contribution in [-0.4, -0.2) is 34.5 Å². The molecule has 0 aliphatic rings. The molecule has 0 aromatic carbocycles. The molecule has 0 saturated heterocycles. The van der Waals surface area contributed by atoms with E-state index in [1.54, 1.807) is 23.1 Å². The minimum absolute atomic E-state index is 0.0733. The van der Waals surface area contributed by atoms with Crippen molar-refractivity contribution in [2.45, 2.75) is 5.03 Å². The fourth-order valence-electron chi connectivity index (χ4n) is 1.18. The largest absolute Gasteiger partial charge is 0.246 e. The second-order valence-corrected chi connectivity index (χ2v) is 6.96. The van der Waals surface area contributed by atoms with E-state index in [2.05, 4.69) is 10.1 Å². The van der Waals surface area contributed by atoms with Gasteiger partial charge in [-0.1, -0.05) is 0 Å². The van der Waals surface area contributed by atoms with Crippen molar-refractivity contribution < 1.29 is 8.42 Å². The second-order valence-electron chi connectivity index (χ2n) is 2.98. The lowest BCUT2D eigenvalue weighted by Crippen LogP contribution is -2.00. The van der Waals surface area contributed by atoms with Crippen molar-refractivity contribution in [1.82, 2.24) is 14.6 Å². The first-order valence-corrected chi connectivity index (χ1v) is 7.86. The Balaban J connectivity index is 2.12. The molecule has 2 aromatic rings. The molecule has 0 saturated carbocycles. The number of aromatic nitrogens is 3. The van der Waals surface area contributed by atoms with Gasteiger partial charge in [0, 0.05) is 28.8 Å². The molecule has 0 aliphatic heterocycles. The van der Waals surface area contributed by atoms with Gasteiger partial charge in [-0.25, -0.2) is 17.9 Å². The van der Waals surface area contributed by atoms with Crippen LogP contribution in [0.5, 0.6) is 0 Å². The third kappa shape index (κ3) is 2.87. The molecule has 0 aliphatic carbocycles. The van der Waals surface area contributed by atoms with Crippen LogP contribution in [0, 0.1) is 0 Å². The van der Waals surface area contributed by atoms with Gasteiger partial charge in [-0.3, -0.25) is 0 Å². The smallest absolute Gasteiger partial charge is 0.233 e. The Morgan fingerprint density at radius 3 is 3.00 bits per heavy atom. The zero-order valence-corrected chi connectivity index (χ0v) is 10.5. The number of halogens is 1. The molecular weight excluding hydrogens is 270 g/mol. The summed E-state index contributed by atoms with van der Waals surface area (Å²) in [5, 5.41) is 4.81. The molecule has 16 heavy (non-hydrogen) atoms. The molecule has 0 amide bonds. The van der Waals surface area contributed by atoms with Crippen LogP contribution >= 0.6 is 22.4 Å². The first kappa shape index (κ1) is 11.7. The highest BCUT2D eigenvalue weighted by Crippen LogP contribution is 2.20. The summed E-state index contributed by atoms with van der Waals surface area (Å²) in [5.74, 6) is 0.305. The molecule has 2 rings (SSSR count). The molecule has 2 aromatic heterocycles. The van der Waals surface area contributed by atoms with E-state index in [-0.39, 0.29) is 5.75 Å². The van der Waals surface area contributed by atoms with Crippen LogP contribution in [0.4, 0.5) is 0 Å². The van der Waals surface area contributed by atoms with Gasteiger partial charge in [0.1, 0.15) is 5.03 Å². The SMILES string of the molecule is O=S(=O)(Cl)CCSc1nccn2nccc12. The number of hydrogen-bond acceptors (Lipinski definition) is 5. The molecular formula is C8H8ClN3O2S2. The fraction of sp³-hybridized carbons (Fsp3) is 0.250. The minimum Gasteiger partial charge on any atom is -0.246 e. The lowest BCUT2D eigenvalue weighted by atomic mass is 10.5. The lowest BCUT2D eigenvalue weighted by molar-refractivity contribution is 0.611. The number of hydrogen-bond donors (Lipinski definition) is 0. The Bertz CT molecular complexity index is 596. The van der Waals surface area contributed by atoms with Crippen molar-refractivity contribution in [2.75, 3.05) is 11.5 Å². The zero-order chi connectivity index (χ0) is 11.6. The van der Waals surface area contributed by atoms with E-state index in [0.29, 0.717) is 5.75 Å². The Morgan fingerprint density at radius 1 is 1.44 bits per heavy atom. The first-order chi connectivity index (χ1) is 7.56. The molecule has 86 valence electrons. The predicted molar refractivity (Wildman–Crippen MR) is 63.4 cm³/mol. The summed E-state index contributed by atoms with van der Waals surface area (Å²) in [6.45, 7) is 0. The van der Waals surface area contributed by atoms with Crippen molar-refractivity contribution >= 4 is 37.0 Å². The summed E-state index contributed by atoms with van der Waals surface area (Å²) in [6, 6.07) is 1.82. The van der Waals surface area contributed by atoms with E-state index in [1.165, 1.54) is 11.8 Å². The Morgan fingerprint density at radius 2 is 2.25 bits per heavy atom. The lowest BCUT2D eigenvalue weighted by Gasteiger charge is -2.01. The van der Waals surface area contributed by atoms with Gasteiger partial charge in [-0.05, 0) is 6.07 Å². The number of rotatable bonds is 4. The molecule has 0 spiro atoms. The maximum absolute atomic E-state index is 10.7. The monoisotopic (exact) mass is 277 g/mol. The van der Waals surface area contributed by atoms with Crippen molar-refractivity contribution in [3.8, 4) is 0 Å².